The fourth-order valence-electron chi connectivity index (χ4n) is 1.78. The predicted molar refractivity (Wildman–Crippen MR) is 69.1 cm³/mol. The van der Waals surface area contributed by atoms with Gasteiger partial charge in [0.25, 0.3) is 0 Å². The Hall–Kier alpha value is -1.40. The summed E-state index contributed by atoms with van der Waals surface area (Å²) in [4.78, 5) is 0. The molecule has 0 saturated heterocycles. The monoisotopic (exact) mass is 348 g/mol. The molecule has 0 bridgehead atoms. The Morgan fingerprint density at radius 3 is 2.15 bits per heavy atom. The number of hydrogen-bond acceptors (Lipinski definition) is 1. The average Bonchev–Trinajstić information content (AvgIpc) is 2.38. The van der Waals surface area contributed by atoms with Crippen molar-refractivity contribution in [2.24, 2.45) is 0 Å². The van der Waals surface area contributed by atoms with Crippen LogP contribution in [0.1, 0.15) is 17.2 Å². The Morgan fingerprint density at radius 2 is 1.60 bits per heavy atom. The van der Waals surface area contributed by atoms with Gasteiger partial charge in [-0.25, -0.2) is 17.6 Å². The molecule has 0 aliphatic heterocycles. The Bertz CT molecular complexity index is 622. The van der Waals surface area contributed by atoms with Crippen molar-refractivity contribution >= 4 is 15.9 Å². The van der Waals surface area contributed by atoms with Crippen LogP contribution in [0.25, 0.3) is 0 Å². The number of rotatable bonds is 3. The first kappa shape index (κ1) is 15.0. The topological polar surface area (TPSA) is 20.2 Å². The fraction of sp³-hybridized carbons (Fsp3) is 0.143. The summed E-state index contributed by atoms with van der Waals surface area (Å²) >= 11 is 3.13. The third-order valence-electron chi connectivity index (χ3n) is 2.82. The highest BCUT2D eigenvalue weighted by molar-refractivity contribution is 9.10. The molecular weight excluding hydrogens is 340 g/mol. The molecule has 0 aromatic heterocycles. The Balaban J connectivity index is 2.26. The second kappa shape index (κ2) is 5.93. The minimum atomic E-state index is -1.58. The van der Waals surface area contributed by atoms with E-state index in [0.717, 1.165) is 12.1 Å². The zero-order valence-electron chi connectivity index (χ0n) is 10.0. The highest BCUT2D eigenvalue weighted by atomic mass is 79.9. The van der Waals surface area contributed by atoms with Crippen LogP contribution in [0, 0.1) is 23.3 Å². The molecule has 1 unspecified atom stereocenters. The first-order valence-corrected chi connectivity index (χ1v) is 6.44. The van der Waals surface area contributed by atoms with Crippen LogP contribution in [0.15, 0.2) is 34.8 Å². The van der Waals surface area contributed by atoms with Gasteiger partial charge in [0.2, 0.25) is 0 Å². The lowest BCUT2D eigenvalue weighted by Crippen LogP contribution is -2.05. The van der Waals surface area contributed by atoms with E-state index in [1.54, 1.807) is 0 Å². The second-order valence-electron chi connectivity index (χ2n) is 4.25. The SMILES string of the molecule is OC(Cc1ccc(F)cc1Br)c1cc(F)c(F)c(F)c1. The van der Waals surface area contributed by atoms with Gasteiger partial charge in [-0.3, -0.25) is 0 Å². The number of aliphatic hydroxyl groups is 1. The second-order valence-corrected chi connectivity index (χ2v) is 5.11. The molecule has 0 fully saturated rings. The fourth-order valence-corrected chi connectivity index (χ4v) is 2.29. The summed E-state index contributed by atoms with van der Waals surface area (Å²) in [5.41, 5.74) is 0.474. The number of aliphatic hydroxyl groups excluding tert-OH is 1. The van der Waals surface area contributed by atoms with Crippen molar-refractivity contribution in [2.45, 2.75) is 12.5 Å². The van der Waals surface area contributed by atoms with Crippen LogP contribution >= 0.6 is 15.9 Å². The third kappa shape index (κ3) is 3.19. The van der Waals surface area contributed by atoms with E-state index in [2.05, 4.69) is 15.9 Å². The maximum Gasteiger partial charge on any atom is 0.194 e. The van der Waals surface area contributed by atoms with Crippen molar-refractivity contribution in [3.8, 4) is 0 Å². The lowest BCUT2D eigenvalue weighted by Gasteiger charge is -2.13. The minimum absolute atomic E-state index is 0.00533. The third-order valence-corrected chi connectivity index (χ3v) is 3.56. The van der Waals surface area contributed by atoms with Crippen molar-refractivity contribution < 1.29 is 22.7 Å². The molecule has 0 amide bonds. The number of benzene rings is 2. The van der Waals surface area contributed by atoms with Gasteiger partial charge in [0.05, 0.1) is 6.10 Å². The van der Waals surface area contributed by atoms with Gasteiger partial charge >= 0.3 is 0 Å². The summed E-state index contributed by atoms with van der Waals surface area (Å²) in [6, 6.07) is 5.34. The quantitative estimate of drug-likeness (QED) is 0.648. The molecule has 1 nitrogen and oxygen atoms in total. The molecule has 0 heterocycles. The molecule has 1 N–H and O–H groups in total. The van der Waals surface area contributed by atoms with Crippen molar-refractivity contribution in [1.29, 1.82) is 0 Å². The Kier molecular flexibility index (Phi) is 4.45. The first-order valence-electron chi connectivity index (χ1n) is 5.65. The molecule has 2 rings (SSSR count). The lowest BCUT2D eigenvalue weighted by atomic mass is 10.0. The minimum Gasteiger partial charge on any atom is -0.388 e. The largest absolute Gasteiger partial charge is 0.388 e. The van der Waals surface area contributed by atoms with E-state index in [-0.39, 0.29) is 12.0 Å². The number of halogens is 5. The van der Waals surface area contributed by atoms with Crippen molar-refractivity contribution in [1.82, 2.24) is 0 Å². The maximum atomic E-state index is 13.1. The molecule has 0 aliphatic carbocycles. The van der Waals surface area contributed by atoms with Crippen LogP contribution in [0.3, 0.4) is 0 Å². The van der Waals surface area contributed by atoms with E-state index < -0.39 is 29.4 Å². The highest BCUT2D eigenvalue weighted by Gasteiger charge is 2.17. The summed E-state index contributed by atoms with van der Waals surface area (Å²) in [7, 11) is 0. The molecular formula is C14H9BrF4O. The molecule has 0 spiro atoms. The summed E-state index contributed by atoms with van der Waals surface area (Å²) in [5.74, 6) is -4.76. The summed E-state index contributed by atoms with van der Waals surface area (Å²) < 4.78 is 52.4. The van der Waals surface area contributed by atoms with Crippen molar-refractivity contribution in [2.75, 3.05) is 0 Å². The van der Waals surface area contributed by atoms with Crippen molar-refractivity contribution in [3.05, 3.63) is 69.2 Å². The molecule has 0 radical (unpaired) electrons. The predicted octanol–water partition coefficient (Wildman–Crippen LogP) is 4.28. The molecule has 20 heavy (non-hydrogen) atoms. The molecule has 106 valence electrons. The lowest BCUT2D eigenvalue weighted by molar-refractivity contribution is 0.177. The van der Waals surface area contributed by atoms with Gasteiger partial charge in [0.15, 0.2) is 17.5 Å². The van der Waals surface area contributed by atoms with Crippen LogP contribution in [0.5, 0.6) is 0 Å². The molecule has 1 atom stereocenters. The van der Waals surface area contributed by atoms with E-state index in [4.69, 9.17) is 0 Å². The maximum absolute atomic E-state index is 13.1. The van der Waals surface area contributed by atoms with Crippen LogP contribution < -0.4 is 0 Å². The van der Waals surface area contributed by atoms with Gasteiger partial charge in [-0.05, 0) is 35.4 Å². The molecule has 0 aliphatic rings. The van der Waals surface area contributed by atoms with Crippen LogP contribution in [-0.2, 0) is 6.42 Å². The van der Waals surface area contributed by atoms with Crippen LogP contribution in [-0.4, -0.2) is 5.11 Å². The standard InChI is InChI=1S/C14H9BrF4O/c15-10-6-9(16)2-1-7(10)5-13(20)8-3-11(17)14(19)12(18)4-8/h1-4,6,13,20H,5H2. The van der Waals surface area contributed by atoms with Gasteiger partial charge in [-0.15, -0.1) is 0 Å². The van der Waals surface area contributed by atoms with E-state index >= 15 is 0 Å². The molecule has 2 aromatic carbocycles. The zero-order chi connectivity index (χ0) is 14.9. The van der Waals surface area contributed by atoms with Gasteiger partial charge in [-0.2, -0.15) is 0 Å². The summed E-state index contributed by atoms with van der Waals surface area (Å²) in [5, 5.41) is 9.94. The molecule has 6 heteroatoms. The van der Waals surface area contributed by atoms with Gasteiger partial charge in [0, 0.05) is 10.9 Å². The van der Waals surface area contributed by atoms with Gasteiger partial charge < -0.3 is 5.11 Å². The highest BCUT2D eigenvalue weighted by Crippen LogP contribution is 2.26. The smallest absolute Gasteiger partial charge is 0.194 e. The first-order chi connectivity index (χ1) is 9.38. The average molecular weight is 349 g/mol. The van der Waals surface area contributed by atoms with Crippen LogP contribution in [0.2, 0.25) is 0 Å². The number of hydrogen-bond donors (Lipinski definition) is 1. The Morgan fingerprint density at radius 1 is 1.00 bits per heavy atom. The van der Waals surface area contributed by atoms with Gasteiger partial charge in [-0.1, -0.05) is 22.0 Å². The molecule has 2 aromatic rings. The molecule has 0 saturated carbocycles. The van der Waals surface area contributed by atoms with E-state index in [1.807, 2.05) is 0 Å². The summed E-state index contributed by atoms with van der Waals surface area (Å²) in [6.45, 7) is 0. The van der Waals surface area contributed by atoms with E-state index in [0.29, 0.717) is 10.0 Å². The van der Waals surface area contributed by atoms with Gasteiger partial charge in [0.1, 0.15) is 5.82 Å². The summed E-state index contributed by atoms with van der Waals surface area (Å²) in [6.07, 6.45) is -1.23. The zero-order valence-corrected chi connectivity index (χ0v) is 11.6. The van der Waals surface area contributed by atoms with E-state index in [9.17, 15) is 22.7 Å². The normalized spacial score (nSPS) is 12.5. The van der Waals surface area contributed by atoms with Crippen LogP contribution in [0.4, 0.5) is 17.6 Å². The van der Waals surface area contributed by atoms with E-state index in [1.165, 1.54) is 18.2 Å². The Labute approximate surface area is 121 Å². The van der Waals surface area contributed by atoms with Crippen molar-refractivity contribution in [3.63, 3.8) is 0 Å².